The second kappa shape index (κ2) is 4.16. The zero-order valence-electron chi connectivity index (χ0n) is 9.64. The van der Waals surface area contributed by atoms with Crippen LogP contribution >= 0.6 is 0 Å². The van der Waals surface area contributed by atoms with E-state index in [1.54, 1.807) is 0 Å². The fourth-order valence-electron chi connectivity index (χ4n) is 1.90. The summed E-state index contributed by atoms with van der Waals surface area (Å²) in [6.45, 7) is 4.04. The fourth-order valence-corrected chi connectivity index (χ4v) is 1.90. The summed E-state index contributed by atoms with van der Waals surface area (Å²) < 4.78 is 14.4. The van der Waals surface area contributed by atoms with Crippen LogP contribution in [-0.2, 0) is 6.42 Å². The molecule has 2 aromatic rings. The Balaban J connectivity index is 2.65. The van der Waals surface area contributed by atoms with E-state index < -0.39 is 11.9 Å². The van der Waals surface area contributed by atoms with Crippen LogP contribution < -0.4 is 0 Å². The first-order valence-corrected chi connectivity index (χ1v) is 5.38. The maximum absolute atomic E-state index is 13.4. The number of carbonyl (C=O) groups is 1. The Morgan fingerprint density at radius 1 is 1.53 bits per heavy atom. The van der Waals surface area contributed by atoms with E-state index in [-0.39, 0.29) is 0 Å². The van der Waals surface area contributed by atoms with Gasteiger partial charge in [-0.3, -0.25) is 0 Å². The summed E-state index contributed by atoms with van der Waals surface area (Å²) >= 11 is 0. The Morgan fingerprint density at radius 2 is 2.24 bits per heavy atom. The molecule has 0 bridgehead atoms. The lowest BCUT2D eigenvalue weighted by atomic mass is 10.0. The zero-order valence-corrected chi connectivity index (χ0v) is 9.64. The summed E-state index contributed by atoms with van der Waals surface area (Å²) in [5, 5.41) is 8.94. The zero-order chi connectivity index (χ0) is 12.6. The van der Waals surface area contributed by atoms with Gasteiger partial charge in [0.05, 0.1) is 11.0 Å². The van der Waals surface area contributed by atoms with E-state index in [2.05, 4.69) is 4.98 Å². The van der Waals surface area contributed by atoms with Crippen molar-refractivity contribution in [2.75, 3.05) is 0 Å². The smallest absolute Gasteiger partial charge is 0.417 e. The molecule has 1 aromatic carbocycles. The lowest BCUT2D eigenvalue weighted by molar-refractivity contribution is 0.197. The molecule has 0 spiro atoms. The van der Waals surface area contributed by atoms with Gasteiger partial charge in [0.1, 0.15) is 12.1 Å². The predicted octanol–water partition coefficient (Wildman–Crippen LogP) is 2.90. The Hall–Kier alpha value is -1.91. The lowest BCUT2D eigenvalue weighted by Gasteiger charge is -2.06. The van der Waals surface area contributed by atoms with Crippen LogP contribution in [0.1, 0.15) is 19.4 Å². The molecule has 90 valence electrons. The first-order chi connectivity index (χ1) is 7.99. The number of aromatic nitrogens is 2. The molecular weight excluding hydrogens is 223 g/mol. The Bertz CT molecular complexity index is 575. The van der Waals surface area contributed by atoms with Crippen LogP contribution in [-0.4, -0.2) is 20.8 Å². The molecule has 0 saturated heterocycles. The molecule has 17 heavy (non-hydrogen) atoms. The minimum Gasteiger partial charge on any atom is -0.464 e. The van der Waals surface area contributed by atoms with Crippen LogP contribution in [0, 0.1) is 11.7 Å². The molecule has 0 aliphatic carbocycles. The van der Waals surface area contributed by atoms with Crippen molar-refractivity contribution >= 4 is 17.1 Å². The minimum atomic E-state index is -1.16. The quantitative estimate of drug-likeness (QED) is 0.872. The van der Waals surface area contributed by atoms with Crippen molar-refractivity contribution in [2.24, 2.45) is 5.92 Å². The second-order valence-electron chi connectivity index (χ2n) is 4.43. The van der Waals surface area contributed by atoms with Gasteiger partial charge < -0.3 is 5.11 Å². The van der Waals surface area contributed by atoms with E-state index in [9.17, 15) is 9.18 Å². The number of carboxylic acid groups (broad SMARTS) is 1. The molecule has 2 rings (SSSR count). The molecule has 0 unspecified atom stereocenters. The standard InChI is InChI=1S/C12H13FN2O2/c1-7(2)3-8-4-9(13)5-10-11(8)14-6-15(10)12(16)17/h4-7H,3H2,1-2H3,(H,16,17). The molecule has 0 aliphatic heterocycles. The van der Waals surface area contributed by atoms with Crippen LogP contribution in [0.5, 0.6) is 0 Å². The Kier molecular flexibility index (Phi) is 2.83. The third kappa shape index (κ3) is 2.13. The fraction of sp³-hybridized carbons (Fsp3) is 0.333. The first kappa shape index (κ1) is 11.6. The summed E-state index contributed by atoms with van der Waals surface area (Å²) in [5.41, 5.74) is 1.60. The highest BCUT2D eigenvalue weighted by Gasteiger charge is 2.14. The predicted molar refractivity (Wildman–Crippen MR) is 61.7 cm³/mol. The number of benzene rings is 1. The van der Waals surface area contributed by atoms with Crippen LogP contribution in [0.2, 0.25) is 0 Å². The summed E-state index contributed by atoms with van der Waals surface area (Å²) in [6.07, 6.45) is 0.717. The molecule has 1 aromatic heterocycles. The van der Waals surface area contributed by atoms with Crippen LogP contribution in [0.4, 0.5) is 9.18 Å². The van der Waals surface area contributed by atoms with Gasteiger partial charge in [-0.15, -0.1) is 0 Å². The van der Waals surface area contributed by atoms with Crippen molar-refractivity contribution in [1.29, 1.82) is 0 Å². The van der Waals surface area contributed by atoms with Crippen molar-refractivity contribution in [3.63, 3.8) is 0 Å². The lowest BCUT2D eigenvalue weighted by Crippen LogP contribution is -2.06. The van der Waals surface area contributed by atoms with Crippen molar-refractivity contribution in [1.82, 2.24) is 9.55 Å². The summed E-state index contributed by atoms with van der Waals surface area (Å²) in [6, 6.07) is 2.61. The van der Waals surface area contributed by atoms with Gasteiger partial charge in [-0.1, -0.05) is 13.8 Å². The highest BCUT2D eigenvalue weighted by atomic mass is 19.1. The van der Waals surface area contributed by atoms with E-state index in [1.165, 1.54) is 18.5 Å². The number of imidazole rings is 1. The molecule has 5 heteroatoms. The van der Waals surface area contributed by atoms with Crippen LogP contribution in [0.3, 0.4) is 0 Å². The van der Waals surface area contributed by atoms with Crippen LogP contribution in [0.25, 0.3) is 11.0 Å². The van der Waals surface area contributed by atoms with E-state index in [0.717, 1.165) is 10.1 Å². The number of halogens is 1. The summed E-state index contributed by atoms with van der Waals surface area (Å²) in [7, 11) is 0. The van der Waals surface area contributed by atoms with E-state index in [0.29, 0.717) is 23.4 Å². The molecule has 1 heterocycles. The number of nitrogens with zero attached hydrogens (tertiary/aromatic N) is 2. The van der Waals surface area contributed by atoms with Gasteiger partial charge in [0.15, 0.2) is 0 Å². The average molecular weight is 236 g/mol. The molecule has 0 amide bonds. The SMILES string of the molecule is CC(C)Cc1cc(F)cc2c1ncn2C(=O)O. The number of rotatable bonds is 2. The van der Waals surface area contributed by atoms with Gasteiger partial charge in [0.2, 0.25) is 0 Å². The maximum atomic E-state index is 13.4. The minimum absolute atomic E-state index is 0.299. The van der Waals surface area contributed by atoms with Crippen molar-refractivity contribution < 1.29 is 14.3 Å². The van der Waals surface area contributed by atoms with Crippen molar-refractivity contribution in [3.8, 4) is 0 Å². The van der Waals surface area contributed by atoms with Gasteiger partial charge in [-0.05, 0) is 24.0 Å². The van der Waals surface area contributed by atoms with Crippen molar-refractivity contribution in [3.05, 3.63) is 29.8 Å². The van der Waals surface area contributed by atoms with Gasteiger partial charge >= 0.3 is 6.09 Å². The van der Waals surface area contributed by atoms with E-state index in [1.807, 2.05) is 13.8 Å². The first-order valence-electron chi connectivity index (χ1n) is 5.38. The maximum Gasteiger partial charge on any atom is 0.417 e. The topological polar surface area (TPSA) is 55.1 Å². The largest absolute Gasteiger partial charge is 0.464 e. The van der Waals surface area contributed by atoms with E-state index >= 15 is 0 Å². The normalized spacial score (nSPS) is 11.3. The Labute approximate surface area is 97.7 Å². The van der Waals surface area contributed by atoms with Crippen molar-refractivity contribution in [2.45, 2.75) is 20.3 Å². The molecule has 4 nitrogen and oxygen atoms in total. The van der Waals surface area contributed by atoms with Crippen LogP contribution in [0.15, 0.2) is 18.5 Å². The monoisotopic (exact) mass is 236 g/mol. The third-order valence-corrected chi connectivity index (χ3v) is 2.53. The van der Waals surface area contributed by atoms with Gasteiger partial charge in [0.25, 0.3) is 0 Å². The molecular formula is C12H13FN2O2. The van der Waals surface area contributed by atoms with Gasteiger partial charge in [-0.25, -0.2) is 18.7 Å². The summed E-state index contributed by atoms with van der Waals surface area (Å²) in [4.78, 5) is 15.0. The van der Waals surface area contributed by atoms with Gasteiger partial charge in [-0.2, -0.15) is 0 Å². The summed E-state index contributed by atoms with van der Waals surface area (Å²) in [5.74, 6) is -0.0777. The molecule has 0 aliphatic rings. The molecule has 0 radical (unpaired) electrons. The van der Waals surface area contributed by atoms with Gasteiger partial charge in [0, 0.05) is 6.07 Å². The number of fused-ring (bicyclic) bond motifs is 1. The molecule has 0 saturated carbocycles. The average Bonchev–Trinajstić information content (AvgIpc) is 2.59. The molecule has 0 atom stereocenters. The number of hydrogen-bond donors (Lipinski definition) is 1. The van der Waals surface area contributed by atoms with E-state index in [4.69, 9.17) is 5.11 Å². The second-order valence-corrected chi connectivity index (χ2v) is 4.43. The third-order valence-electron chi connectivity index (χ3n) is 2.53. The molecule has 1 N–H and O–H groups in total. The Morgan fingerprint density at radius 3 is 2.82 bits per heavy atom. The highest BCUT2D eigenvalue weighted by molar-refractivity contribution is 5.87. The number of hydrogen-bond acceptors (Lipinski definition) is 2. The highest BCUT2D eigenvalue weighted by Crippen LogP contribution is 2.22. The molecule has 0 fully saturated rings.